The number of aromatic nitrogens is 4. The van der Waals surface area contributed by atoms with Gasteiger partial charge in [-0.3, -0.25) is 9.59 Å². The zero-order chi connectivity index (χ0) is 39.6. The molecular weight excluding hydrogens is 748 g/mol. The van der Waals surface area contributed by atoms with Gasteiger partial charge in [0, 0.05) is 63.3 Å². The first kappa shape index (κ1) is 41.5. The third-order valence-corrected chi connectivity index (χ3v) is 9.19. The van der Waals surface area contributed by atoms with Crippen LogP contribution in [-0.4, -0.2) is 90.6 Å². The van der Waals surface area contributed by atoms with Gasteiger partial charge in [-0.1, -0.05) is 38.8 Å². The number of nitrogens with zero attached hydrogens (tertiary/aromatic N) is 6. The van der Waals surface area contributed by atoms with Crippen molar-refractivity contribution >= 4 is 56.7 Å². The minimum absolute atomic E-state index is 0.0948. The van der Waals surface area contributed by atoms with Crippen molar-refractivity contribution in [1.29, 1.82) is 0 Å². The van der Waals surface area contributed by atoms with Crippen LogP contribution < -0.4 is 30.9 Å². The van der Waals surface area contributed by atoms with Gasteiger partial charge in [0.15, 0.2) is 5.82 Å². The van der Waals surface area contributed by atoms with E-state index in [1.54, 1.807) is 50.8 Å². The van der Waals surface area contributed by atoms with Gasteiger partial charge in [-0.2, -0.15) is 9.97 Å². The highest BCUT2D eigenvalue weighted by molar-refractivity contribution is 9.10. The number of halogens is 1. The smallest absolute Gasteiger partial charge is 0.318 e. The number of benzene rings is 2. The quantitative estimate of drug-likeness (QED) is 0.131. The molecule has 0 bridgehead atoms. The van der Waals surface area contributed by atoms with Crippen molar-refractivity contribution in [1.82, 2.24) is 35.5 Å². The first-order valence-corrected chi connectivity index (χ1v) is 18.5. The van der Waals surface area contributed by atoms with Crippen molar-refractivity contribution in [2.24, 2.45) is 5.41 Å². The standard InChI is InChI=1S/C21H27N5O.C19H24BrN5O2/c1-8-15-12-23-20(25-18(15)26(7)13-21(3,4)5)24-17-11-16(19(27)22-6)10-9-14(17)2;1-12-4-5-13(18(26)21-2)10-16(12)23-17-15(20)11-22-19(24-17)27-14-6-8-25(3)9-7-14/h1,9-12H,13H2,2-7H3,(H,22,27)(H,23,24,25);4-5,10-11,14H,6-9H2,1-3H3,(H,21,26)(H,22,23,24). The largest absolute Gasteiger partial charge is 0.460 e. The van der Waals surface area contributed by atoms with E-state index >= 15 is 0 Å². The molecule has 2 amide bonds. The molecule has 54 heavy (non-hydrogen) atoms. The second-order valence-corrected chi connectivity index (χ2v) is 15.3. The lowest BCUT2D eigenvalue weighted by atomic mass is 9.96. The molecule has 0 saturated carbocycles. The second kappa shape index (κ2) is 18.7. The number of hydrogen-bond acceptors (Lipinski definition) is 11. The molecule has 0 radical (unpaired) electrons. The van der Waals surface area contributed by atoms with Gasteiger partial charge in [0.25, 0.3) is 11.8 Å². The number of hydrogen-bond donors (Lipinski definition) is 4. The van der Waals surface area contributed by atoms with E-state index in [-0.39, 0.29) is 23.3 Å². The van der Waals surface area contributed by atoms with Gasteiger partial charge in [0.2, 0.25) is 5.95 Å². The summed E-state index contributed by atoms with van der Waals surface area (Å²) in [5, 5.41) is 11.7. The van der Waals surface area contributed by atoms with Crippen LogP contribution in [0.1, 0.15) is 71.0 Å². The van der Waals surface area contributed by atoms with E-state index in [1.165, 1.54) is 0 Å². The highest BCUT2D eigenvalue weighted by Gasteiger charge is 2.21. The summed E-state index contributed by atoms with van der Waals surface area (Å²) in [6.07, 6.45) is 11.0. The number of piperidine rings is 1. The predicted molar refractivity (Wildman–Crippen MR) is 219 cm³/mol. The lowest BCUT2D eigenvalue weighted by Gasteiger charge is -2.28. The predicted octanol–water partition coefficient (Wildman–Crippen LogP) is 6.48. The Balaban J connectivity index is 0.000000241. The molecule has 3 heterocycles. The molecule has 0 aliphatic carbocycles. The molecule has 2 aromatic carbocycles. The maximum absolute atomic E-state index is 11.9. The van der Waals surface area contributed by atoms with Gasteiger partial charge >= 0.3 is 6.01 Å². The molecule has 13 nitrogen and oxygen atoms in total. The lowest BCUT2D eigenvalue weighted by Crippen LogP contribution is -2.35. The molecule has 14 heteroatoms. The number of carbonyl (C=O) groups is 2. The summed E-state index contributed by atoms with van der Waals surface area (Å²) in [5.74, 6) is 4.10. The van der Waals surface area contributed by atoms with Crippen LogP contribution in [0.2, 0.25) is 0 Å². The molecule has 5 rings (SSSR count). The van der Waals surface area contributed by atoms with E-state index in [9.17, 15) is 9.59 Å². The normalized spacial score (nSPS) is 13.1. The molecule has 1 fully saturated rings. The van der Waals surface area contributed by atoms with Crippen LogP contribution in [0.4, 0.5) is 29.0 Å². The Bertz CT molecular complexity index is 1980. The van der Waals surface area contributed by atoms with E-state index in [0.717, 1.165) is 59.5 Å². The summed E-state index contributed by atoms with van der Waals surface area (Å²) in [6, 6.07) is 11.3. The molecule has 0 unspecified atom stereocenters. The van der Waals surface area contributed by atoms with Gasteiger partial charge in [-0.05, 0) is 90.5 Å². The number of ether oxygens (including phenoxy) is 1. The van der Waals surface area contributed by atoms with Gasteiger partial charge in [-0.15, -0.1) is 6.42 Å². The number of carbonyl (C=O) groups excluding carboxylic acids is 2. The summed E-state index contributed by atoms with van der Waals surface area (Å²) >= 11 is 3.48. The first-order chi connectivity index (χ1) is 25.6. The van der Waals surface area contributed by atoms with E-state index in [2.05, 4.69) is 95.8 Å². The first-order valence-electron chi connectivity index (χ1n) is 17.7. The Hall–Kier alpha value is -5.26. The van der Waals surface area contributed by atoms with Gasteiger partial charge < -0.3 is 35.8 Å². The highest BCUT2D eigenvalue weighted by atomic mass is 79.9. The average molecular weight is 800 g/mol. The number of terminal acetylenes is 1. The van der Waals surface area contributed by atoms with Crippen molar-refractivity contribution in [3.05, 3.63) is 81.1 Å². The topological polar surface area (TPSA) is 150 Å². The zero-order valence-corrected chi connectivity index (χ0v) is 34.2. The van der Waals surface area contributed by atoms with Crippen molar-refractivity contribution in [3.63, 3.8) is 0 Å². The fourth-order valence-electron chi connectivity index (χ4n) is 5.69. The Morgan fingerprint density at radius 3 is 2.06 bits per heavy atom. The van der Waals surface area contributed by atoms with Crippen LogP contribution in [0.5, 0.6) is 6.01 Å². The van der Waals surface area contributed by atoms with Crippen LogP contribution in [0.25, 0.3) is 0 Å². The van der Waals surface area contributed by atoms with Crippen molar-refractivity contribution in [3.8, 4) is 18.4 Å². The summed E-state index contributed by atoms with van der Waals surface area (Å²) in [6.45, 7) is 13.2. The summed E-state index contributed by atoms with van der Waals surface area (Å²) in [5.41, 5.74) is 5.45. The third-order valence-electron chi connectivity index (χ3n) is 8.61. The van der Waals surface area contributed by atoms with Crippen LogP contribution >= 0.6 is 15.9 Å². The number of likely N-dealkylation sites (tertiary alicyclic amines) is 1. The van der Waals surface area contributed by atoms with Crippen LogP contribution in [0, 0.1) is 31.6 Å². The summed E-state index contributed by atoms with van der Waals surface area (Å²) in [7, 11) is 7.30. The minimum Gasteiger partial charge on any atom is -0.460 e. The molecule has 1 aliphatic heterocycles. The van der Waals surface area contributed by atoms with E-state index in [0.29, 0.717) is 40.3 Å². The van der Waals surface area contributed by atoms with Gasteiger partial charge in [-0.25, -0.2) is 9.97 Å². The maximum atomic E-state index is 11.9. The van der Waals surface area contributed by atoms with Crippen molar-refractivity contribution in [2.75, 3.05) is 63.4 Å². The number of amides is 2. The fourth-order valence-corrected chi connectivity index (χ4v) is 5.98. The molecule has 286 valence electrons. The van der Waals surface area contributed by atoms with Crippen LogP contribution in [0.15, 0.2) is 53.3 Å². The molecule has 4 N–H and O–H groups in total. The number of nitrogens with one attached hydrogen (secondary N) is 4. The molecule has 0 atom stereocenters. The molecular formula is C40H51BrN10O3. The second-order valence-electron chi connectivity index (χ2n) is 14.4. The molecule has 4 aromatic rings. The molecule has 0 spiro atoms. The van der Waals surface area contributed by atoms with Crippen molar-refractivity contribution < 1.29 is 14.3 Å². The number of rotatable bonds is 10. The van der Waals surface area contributed by atoms with Crippen molar-refractivity contribution in [2.45, 2.75) is 53.6 Å². The number of anilines is 5. The Morgan fingerprint density at radius 2 is 1.52 bits per heavy atom. The van der Waals surface area contributed by atoms with Crippen LogP contribution in [-0.2, 0) is 0 Å². The van der Waals surface area contributed by atoms with E-state index in [4.69, 9.17) is 11.2 Å². The molecule has 1 saturated heterocycles. The minimum atomic E-state index is -0.146. The fraction of sp³-hybridized carbons (Fsp3) is 0.400. The lowest BCUT2D eigenvalue weighted by molar-refractivity contribution is 0.0955. The monoisotopic (exact) mass is 798 g/mol. The Morgan fingerprint density at radius 1 is 0.944 bits per heavy atom. The average Bonchev–Trinajstić information content (AvgIpc) is 3.14. The molecule has 1 aliphatic rings. The van der Waals surface area contributed by atoms with Crippen LogP contribution in [0.3, 0.4) is 0 Å². The SMILES string of the molecule is C#Cc1cnc(Nc2cc(C(=O)NC)ccc2C)nc1N(C)CC(C)(C)C.CNC(=O)c1ccc(C)c(Nc2nc(OC3CCN(C)CC3)ncc2Br)c1. The Kier molecular flexibility index (Phi) is 14.3. The zero-order valence-electron chi connectivity index (χ0n) is 32.6. The number of aryl methyl sites for hydroxylation is 2. The summed E-state index contributed by atoms with van der Waals surface area (Å²) < 4.78 is 6.70. The highest BCUT2D eigenvalue weighted by Crippen LogP contribution is 2.29. The Labute approximate surface area is 327 Å². The van der Waals surface area contributed by atoms with E-state index < -0.39 is 0 Å². The molecule has 2 aromatic heterocycles. The van der Waals surface area contributed by atoms with E-state index in [1.807, 2.05) is 37.9 Å². The van der Waals surface area contributed by atoms with Gasteiger partial charge in [0.1, 0.15) is 11.9 Å². The summed E-state index contributed by atoms with van der Waals surface area (Å²) in [4.78, 5) is 45.9. The maximum Gasteiger partial charge on any atom is 0.318 e. The third kappa shape index (κ3) is 11.6. The van der Waals surface area contributed by atoms with Gasteiger partial charge in [0.05, 0.1) is 22.4 Å².